The number of hydrogen-bond acceptors (Lipinski definition) is 3. The Morgan fingerprint density at radius 3 is 2.37 bits per heavy atom. The van der Waals surface area contributed by atoms with Crippen molar-refractivity contribution in [2.75, 3.05) is 17.1 Å². The van der Waals surface area contributed by atoms with Crippen molar-refractivity contribution >= 4 is 21.4 Å². The van der Waals surface area contributed by atoms with Crippen LogP contribution < -0.4 is 10.0 Å². The number of nitrogens with zero attached hydrogens (tertiary/aromatic N) is 1. The van der Waals surface area contributed by atoms with E-state index in [1.807, 2.05) is 18.2 Å². The lowest BCUT2D eigenvalue weighted by molar-refractivity contribution is 0.593. The molecule has 0 aliphatic heterocycles. The number of sulfonamides is 1. The van der Waals surface area contributed by atoms with E-state index in [0.717, 1.165) is 0 Å². The summed E-state index contributed by atoms with van der Waals surface area (Å²) >= 11 is 0. The quantitative estimate of drug-likeness (QED) is 0.871. The molecule has 0 radical (unpaired) electrons. The van der Waals surface area contributed by atoms with Gasteiger partial charge in [0, 0.05) is 12.7 Å². The van der Waals surface area contributed by atoms with E-state index >= 15 is 0 Å². The average molecular weight is 276 g/mol. The fourth-order valence-corrected chi connectivity index (χ4v) is 3.03. The molecule has 2 N–H and O–H groups in total. The molecule has 0 heterocycles. The molecule has 0 saturated heterocycles. The van der Waals surface area contributed by atoms with E-state index in [0.29, 0.717) is 16.9 Å². The average Bonchev–Trinajstić information content (AvgIpc) is 2.38. The summed E-state index contributed by atoms with van der Waals surface area (Å²) in [5.74, 6) is -0.0660. The summed E-state index contributed by atoms with van der Waals surface area (Å²) in [5, 5.41) is 0. The molecule has 0 aliphatic carbocycles. The Morgan fingerprint density at radius 2 is 1.74 bits per heavy atom. The zero-order valence-electron chi connectivity index (χ0n) is 10.7. The van der Waals surface area contributed by atoms with Crippen LogP contribution in [0.4, 0.5) is 11.4 Å². The normalized spacial score (nSPS) is 11.2. The molecule has 2 aromatic rings. The van der Waals surface area contributed by atoms with Crippen LogP contribution in [0.1, 0.15) is 5.56 Å². The molecular weight excluding hydrogens is 260 g/mol. The Kier molecular flexibility index (Phi) is 3.76. The maximum Gasteiger partial charge on any atom is 0.239 e. The van der Waals surface area contributed by atoms with Crippen LogP contribution in [0.3, 0.4) is 0 Å². The van der Waals surface area contributed by atoms with E-state index in [1.165, 1.54) is 4.31 Å². The van der Waals surface area contributed by atoms with Crippen molar-refractivity contribution in [1.82, 2.24) is 0 Å². The standard InChI is InChI=1S/C14H16N2O2S/c1-16(14-8-3-2-4-9-14)19(17,18)11-12-6-5-7-13(15)10-12/h2-10H,11,15H2,1H3. The summed E-state index contributed by atoms with van der Waals surface area (Å²) in [4.78, 5) is 0. The molecular formula is C14H16N2O2S. The molecule has 0 saturated carbocycles. The summed E-state index contributed by atoms with van der Waals surface area (Å²) in [6, 6.07) is 15.9. The first-order chi connectivity index (χ1) is 8.99. The van der Waals surface area contributed by atoms with Gasteiger partial charge in [0.15, 0.2) is 0 Å². The Labute approximate surface area is 113 Å². The predicted molar refractivity (Wildman–Crippen MR) is 78.3 cm³/mol. The van der Waals surface area contributed by atoms with Gasteiger partial charge in [-0.2, -0.15) is 0 Å². The van der Waals surface area contributed by atoms with Crippen molar-refractivity contribution in [3.05, 3.63) is 60.2 Å². The van der Waals surface area contributed by atoms with E-state index in [-0.39, 0.29) is 5.75 Å². The van der Waals surface area contributed by atoms with Gasteiger partial charge < -0.3 is 5.73 Å². The summed E-state index contributed by atoms with van der Waals surface area (Å²) < 4.78 is 25.9. The fraction of sp³-hybridized carbons (Fsp3) is 0.143. The molecule has 2 aromatic carbocycles. The van der Waals surface area contributed by atoms with Crippen molar-refractivity contribution in [3.8, 4) is 0 Å². The zero-order valence-corrected chi connectivity index (χ0v) is 11.5. The van der Waals surface area contributed by atoms with Crippen molar-refractivity contribution in [3.63, 3.8) is 0 Å². The van der Waals surface area contributed by atoms with Crippen molar-refractivity contribution in [1.29, 1.82) is 0 Å². The lowest BCUT2D eigenvalue weighted by Gasteiger charge is -2.19. The maximum absolute atomic E-state index is 12.3. The van der Waals surface area contributed by atoms with Gasteiger partial charge >= 0.3 is 0 Å². The van der Waals surface area contributed by atoms with Crippen molar-refractivity contribution < 1.29 is 8.42 Å². The molecule has 0 atom stereocenters. The molecule has 4 nitrogen and oxygen atoms in total. The molecule has 100 valence electrons. The predicted octanol–water partition coefficient (Wildman–Crippen LogP) is 2.24. The minimum Gasteiger partial charge on any atom is -0.399 e. The van der Waals surface area contributed by atoms with E-state index in [1.54, 1.807) is 43.4 Å². The fourth-order valence-electron chi connectivity index (χ4n) is 1.79. The molecule has 0 aliphatic rings. The van der Waals surface area contributed by atoms with Gasteiger partial charge in [0.05, 0.1) is 11.4 Å². The molecule has 0 amide bonds. The molecule has 0 fully saturated rings. The van der Waals surface area contributed by atoms with Gasteiger partial charge in [-0.1, -0.05) is 30.3 Å². The second-order valence-corrected chi connectivity index (χ2v) is 6.30. The molecule has 0 aromatic heterocycles. The number of anilines is 2. The summed E-state index contributed by atoms with van der Waals surface area (Å²) in [6.07, 6.45) is 0. The summed E-state index contributed by atoms with van der Waals surface area (Å²) in [5.41, 5.74) is 7.55. The first kappa shape index (κ1) is 13.4. The smallest absolute Gasteiger partial charge is 0.239 e. The lowest BCUT2D eigenvalue weighted by Crippen LogP contribution is -2.27. The Hall–Kier alpha value is -2.01. The number of nitrogens with two attached hydrogens (primary N) is 1. The highest BCUT2D eigenvalue weighted by molar-refractivity contribution is 7.92. The number of hydrogen-bond donors (Lipinski definition) is 1. The Morgan fingerprint density at radius 1 is 1.05 bits per heavy atom. The van der Waals surface area contributed by atoms with E-state index < -0.39 is 10.0 Å². The van der Waals surface area contributed by atoms with Crippen LogP contribution >= 0.6 is 0 Å². The Bertz CT molecular complexity index is 654. The second-order valence-electron chi connectivity index (χ2n) is 4.30. The minimum atomic E-state index is -3.41. The molecule has 5 heteroatoms. The number of rotatable bonds is 4. The number of benzene rings is 2. The third kappa shape index (κ3) is 3.26. The largest absolute Gasteiger partial charge is 0.399 e. The Balaban J connectivity index is 2.24. The first-order valence-corrected chi connectivity index (χ1v) is 7.46. The van der Waals surface area contributed by atoms with Crippen LogP contribution in [-0.4, -0.2) is 15.5 Å². The van der Waals surface area contributed by atoms with Gasteiger partial charge in [0.1, 0.15) is 0 Å². The van der Waals surface area contributed by atoms with Crippen molar-refractivity contribution in [2.24, 2.45) is 0 Å². The SMILES string of the molecule is CN(c1ccccc1)S(=O)(=O)Cc1cccc(N)c1. The van der Waals surface area contributed by atoms with Crippen LogP contribution in [-0.2, 0) is 15.8 Å². The van der Waals surface area contributed by atoms with Gasteiger partial charge in [-0.15, -0.1) is 0 Å². The van der Waals surface area contributed by atoms with Crippen LogP contribution in [0.25, 0.3) is 0 Å². The molecule has 0 bridgehead atoms. The monoisotopic (exact) mass is 276 g/mol. The van der Waals surface area contributed by atoms with E-state index in [2.05, 4.69) is 0 Å². The molecule has 0 spiro atoms. The van der Waals surface area contributed by atoms with Gasteiger partial charge in [-0.25, -0.2) is 8.42 Å². The first-order valence-electron chi connectivity index (χ1n) is 5.85. The molecule has 2 rings (SSSR count). The van der Waals surface area contributed by atoms with Crippen LogP contribution in [0, 0.1) is 0 Å². The van der Waals surface area contributed by atoms with E-state index in [9.17, 15) is 8.42 Å². The maximum atomic E-state index is 12.3. The third-order valence-electron chi connectivity index (χ3n) is 2.84. The van der Waals surface area contributed by atoms with Crippen LogP contribution in [0.5, 0.6) is 0 Å². The van der Waals surface area contributed by atoms with Gasteiger partial charge in [0.2, 0.25) is 10.0 Å². The van der Waals surface area contributed by atoms with Crippen molar-refractivity contribution in [2.45, 2.75) is 5.75 Å². The summed E-state index contributed by atoms with van der Waals surface area (Å²) in [6.45, 7) is 0. The lowest BCUT2D eigenvalue weighted by atomic mass is 10.2. The molecule has 0 unspecified atom stereocenters. The van der Waals surface area contributed by atoms with Gasteiger partial charge in [-0.05, 0) is 29.8 Å². The zero-order chi connectivity index (χ0) is 13.9. The highest BCUT2D eigenvalue weighted by Gasteiger charge is 2.18. The highest BCUT2D eigenvalue weighted by atomic mass is 32.2. The van der Waals surface area contributed by atoms with Gasteiger partial charge in [0.25, 0.3) is 0 Å². The topological polar surface area (TPSA) is 63.4 Å². The number of nitrogen functional groups attached to an aromatic ring is 1. The van der Waals surface area contributed by atoms with Gasteiger partial charge in [-0.3, -0.25) is 4.31 Å². The second kappa shape index (κ2) is 5.32. The van der Waals surface area contributed by atoms with E-state index in [4.69, 9.17) is 5.73 Å². The summed E-state index contributed by atoms with van der Waals surface area (Å²) in [7, 11) is -1.85. The number of para-hydroxylation sites is 1. The molecule has 19 heavy (non-hydrogen) atoms. The van der Waals surface area contributed by atoms with Crippen LogP contribution in [0.15, 0.2) is 54.6 Å². The minimum absolute atomic E-state index is 0.0660. The third-order valence-corrected chi connectivity index (χ3v) is 4.58. The van der Waals surface area contributed by atoms with Crippen LogP contribution in [0.2, 0.25) is 0 Å². The highest BCUT2D eigenvalue weighted by Crippen LogP contribution is 2.19.